The van der Waals surface area contributed by atoms with Crippen molar-refractivity contribution >= 4 is 34.7 Å². The summed E-state index contributed by atoms with van der Waals surface area (Å²) >= 11 is 6.37. The Hall–Kier alpha value is -3.97. The summed E-state index contributed by atoms with van der Waals surface area (Å²) in [6.45, 7) is 5.88. The highest BCUT2D eigenvalue weighted by atomic mass is 35.5. The van der Waals surface area contributed by atoms with Gasteiger partial charge in [0.15, 0.2) is 11.5 Å². The number of benzene rings is 3. The Morgan fingerprint density at radius 3 is 2.65 bits per heavy atom. The number of amides is 1. The van der Waals surface area contributed by atoms with Gasteiger partial charge in [-0.15, -0.1) is 0 Å². The lowest BCUT2D eigenvalue weighted by Crippen LogP contribution is -2.29. The van der Waals surface area contributed by atoms with Crippen molar-refractivity contribution in [1.29, 1.82) is 0 Å². The molecular weight excluding hydrogens is 494 g/mol. The third-order valence-electron chi connectivity index (χ3n) is 6.65. The summed E-state index contributed by atoms with van der Waals surface area (Å²) in [5.41, 5.74) is 2.96. The zero-order valence-corrected chi connectivity index (χ0v) is 21.4. The Labute approximate surface area is 219 Å². The first-order valence-corrected chi connectivity index (χ1v) is 12.4. The molecule has 2 unspecified atom stereocenters. The Bertz CT molecular complexity index is 1460. The van der Waals surface area contributed by atoms with Gasteiger partial charge < -0.3 is 19.7 Å². The van der Waals surface area contributed by atoms with E-state index in [1.165, 1.54) is 11.0 Å². The number of phenols is 1. The maximum absolute atomic E-state index is 13.5. The lowest BCUT2D eigenvalue weighted by molar-refractivity contribution is -0.132. The number of anilines is 1. The molecule has 0 spiro atoms. The molecule has 1 amide bonds. The molecule has 2 aliphatic rings. The fourth-order valence-corrected chi connectivity index (χ4v) is 5.02. The van der Waals surface area contributed by atoms with Gasteiger partial charge in [-0.25, -0.2) is 0 Å². The number of halogens is 1. The number of hydrogen-bond acceptors (Lipinski definition) is 6. The van der Waals surface area contributed by atoms with E-state index >= 15 is 0 Å². The molecule has 0 radical (unpaired) electrons. The molecule has 2 N–H and O–H groups in total. The molecule has 0 bridgehead atoms. The molecule has 3 aromatic rings. The number of carbonyl (C=O) groups is 2. The minimum Gasteiger partial charge on any atom is -0.507 e. The molecule has 5 rings (SSSR count). The van der Waals surface area contributed by atoms with Crippen molar-refractivity contribution in [3.8, 4) is 17.2 Å². The second-order valence-electron chi connectivity index (χ2n) is 9.22. The van der Waals surface area contributed by atoms with Gasteiger partial charge in [0.05, 0.1) is 18.2 Å². The predicted octanol–water partition coefficient (Wildman–Crippen LogP) is 5.70. The zero-order valence-electron chi connectivity index (χ0n) is 20.6. The largest absolute Gasteiger partial charge is 0.507 e. The molecule has 2 aliphatic heterocycles. The van der Waals surface area contributed by atoms with Crippen molar-refractivity contribution in [1.82, 2.24) is 0 Å². The minimum atomic E-state index is -0.984. The number of aryl methyl sites for hydroxylation is 1. The summed E-state index contributed by atoms with van der Waals surface area (Å²) in [7, 11) is 0. The molecule has 0 aromatic heterocycles. The van der Waals surface area contributed by atoms with Gasteiger partial charge in [-0.05, 0) is 79.9 Å². The van der Waals surface area contributed by atoms with Crippen LogP contribution in [0.1, 0.15) is 42.1 Å². The van der Waals surface area contributed by atoms with Crippen LogP contribution >= 0.6 is 11.6 Å². The van der Waals surface area contributed by atoms with Gasteiger partial charge in [0.2, 0.25) is 0 Å². The summed E-state index contributed by atoms with van der Waals surface area (Å²) in [4.78, 5) is 28.2. The molecule has 37 heavy (non-hydrogen) atoms. The van der Waals surface area contributed by atoms with E-state index in [0.717, 1.165) is 16.9 Å². The van der Waals surface area contributed by atoms with E-state index in [4.69, 9.17) is 21.1 Å². The first-order valence-electron chi connectivity index (χ1n) is 12.0. The van der Waals surface area contributed by atoms with Crippen LogP contribution in [0.15, 0.2) is 60.2 Å². The Kier molecular flexibility index (Phi) is 6.33. The second kappa shape index (κ2) is 9.48. The lowest BCUT2D eigenvalue weighted by atomic mass is 9.94. The molecule has 1 fully saturated rings. The number of carbonyl (C=O) groups excluding carboxylic acids is 2. The van der Waals surface area contributed by atoms with E-state index in [-0.39, 0.29) is 28.9 Å². The number of hydrogen-bond donors (Lipinski definition) is 2. The molecule has 0 aliphatic carbocycles. The Morgan fingerprint density at radius 2 is 1.92 bits per heavy atom. The maximum atomic E-state index is 13.5. The number of ketones is 1. The number of nitrogens with zero attached hydrogens (tertiary/aromatic N) is 1. The van der Waals surface area contributed by atoms with E-state index in [2.05, 4.69) is 0 Å². The summed E-state index contributed by atoms with van der Waals surface area (Å²) in [5.74, 6) is -1.05. The third-order valence-corrected chi connectivity index (χ3v) is 7.05. The van der Waals surface area contributed by atoms with Crippen LogP contribution in [0.4, 0.5) is 5.69 Å². The van der Waals surface area contributed by atoms with Crippen molar-refractivity contribution < 1.29 is 29.3 Å². The molecule has 0 saturated carbocycles. The van der Waals surface area contributed by atoms with Gasteiger partial charge in [-0.2, -0.15) is 0 Å². The normalized spacial score (nSPS) is 20.2. The van der Waals surface area contributed by atoms with Crippen LogP contribution < -0.4 is 14.4 Å². The van der Waals surface area contributed by atoms with Crippen LogP contribution in [-0.2, 0) is 16.0 Å². The van der Waals surface area contributed by atoms with Gasteiger partial charge >= 0.3 is 0 Å². The van der Waals surface area contributed by atoms with Crippen molar-refractivity contribution in [2.75, 3.05) is 11.5 Å². The molecule has 2 heterocycles. The van der Waals surface area contributed by atoms with E-state index in [1.54, 1.807) is 55.5 Å². The van der Waals surface area contributed by atoms with Crippen molar-refractivity contribution in [2.45, 2.75) is 39.3 Å². The standard InChI is InChI=1S/C29H26ClNO6/c1-4-36-24-13-17(6-9-22(24)32)26-25(27(33)18-7-10-23-19(12-18)11-16(3)37-23)28(34)29(35)31(26)20-8-5-15(2)21(30)14-20/h5-10,12-14,16,26,32-33H,4,11H2,1-3H3/b27-25+. The Morgan fingerprint density at radius 1 is 1.14 bits per heavy atom. The monoisotopic (exact) mass is 519 g/mol. The first kappa shape index (κ1) is 24.7. The van der Waals surface area contributed by atoms with E-state index < -0.39 is 17.7 Å². The quantitative estimate of drug-likeness (QED) is 0.255. The molecule has 7 nitrogen and oxygen atoms in total. The van der Waals surface area contributed by atoms with Crippen LogP contribution in [0.2, 0.25) is 5.02 Å². The zero-order chi connectivity index (χ0) is 26.4. The molecule has 2 atom stereocenters. The summed E-state index contributed by atoms with van der Waals surface area (Å²) < 4.78 is 11.3. The Balaban J connectivity index is 1.71. The van der Waals surface area contributed by atoms with Crippen molar-refractivity contribution in [3.63, 3.8) is 0 Å². The third kappa shape index (κ3) is 4.29. The van der Waals surface area contributed by atoms with Crippen LogP contribution in [0.25, 0.3) is 5.76 Å². The molecule has 8 heteroatoms. The lowest BCUT2D eigenvalue weighted by Gasteiger charge is -2.26. The van der Waals surface area contributed by atoms with E-state index in [9.17, 15) is 19.8 Å². The molecule has 3 aromatic carbocycles. The summed E-state index contributed by atoms with van der Waals surface area (Å²) in [5, 5.41) is 22.2. The predicted molar refractivity (Wildman–Crippen MR) is 140 cm³/mol. The topological polar surface area (TPSA) is 96.3 Å². The van der Waals surface area contributed by atoms with Gasteiger partial charge in [-0.3, -0.25) is 14.5 Å². The van der Waals surface area contributed by atoms with Gasteiger partial charge in [0.25, 0.3) is 11.7 Å². The second-order valence-corrected chi connectivity index (χ2v) is 9.63. The number of aromatic hydroxyl groups is 1. The first-order chi connectivity index (χ1) is 17.7. The highest BCUT2D eigenvalue weighted by Gasteiger charge is 2.47. The van der Waals surface area contributed by atoms with Crippen LogP contribution in [0.5, 0.6) is 17.2 Å². The van der Waals surface area contributed by atoms with Crippen LogP contribution in [0, 0.1) is 6.92 Å². The summed E-state index contributed by atoms with van der Waals surface area (Å²) in [6, 6.07) is 13.9. The average molecular weight is 520 g/mol. The average Bonchev–Trinajstić information content (AvgIpc) is 3.37. The smallest absolute Gasteiger partial charge is 0.300 e. The number of rotatable bonds is 5. The number of ether oxygens (including phenoxy) is 2. The van der Waals surface area contributed by atoms with Crippen molar-refractivity contribution in [2.24, 2.45) is 0 Å². The van der Waals surface area contributed by atoms with Gasteiger partial charge in [-0.1, -0.05) is 23.7 Å². The highest BCUT2D eigenvalue weighted by molar-refractivity contribution is 6.51. The number of fused-ring (bicyclic) bond motifs is 1. The van der Waals surface area contributed by atoms with Gasteiger partial charge in [0, 0.05) is 22.7 Å². The molecular formula is C29H26ClNO6. The van der Waals surface area contributed by atoms with E-state index in [0.29, 0.717) is 34.9 Å². The number of phenolic OH excluding ortho intramolecular Hbond substituents is 1. The highest BCUT2D eigenvalue weighted by Crippen LogP contribution is 2.45. The van der Waals surface area contributed by atoms with Crippen molar-refractivity contribution in [3.05, 3.63) is 87.4 Å². The number of Topliss-reactive ketones (excluding diaryl/α,β-unsaturated/α-hetero) is 1. The van der Waals surface area contributed by atoms with E-state index in [1.807, 2.05) is 13.8 Å². The number of aliphatic hydroxyl groups is 1. The van der Waals surface area contributed by atoms with Crippen LogP contribution in [0.3, 0.4) is 0 Å². The molecule has 1 saturated heterocycles. The SMILES string of the molecule is CCOc1cc(C2/C(=C(\O)c3ccc4c(c3)CC(C)O4)C(=O)C(=O)N2c2ccc(C)c(Cl)c2)ccc1O. The van der Waals surface area contributed by atoms with Gasteiger partial charge in [0.1, 0.15) is 17.6 Å². The van der Waals surface area contributed by atoms with Crippen LogP contribution in [-0.4, -0.2) is 34.6 Å². The fraction of sp³-hybridized carbons (Fsp3) is 0.241. The maximum Gasteiger partial charge on any atom is 0.300 e. The number of aliphatic hydroxyl groups excluding tert-OH is 1. The fourth-order valence-electron chi connectivity index (χ4n) is 4.84. The molecule has 190 valence electrons. The minimum absolute atomic E-state index is 0.0123. The summed E-state index contributed by atoms with van der Waals surface area (Å²) in [6.07, 6.45) is 0.685.